The van der Waals surface area contributed by atoms with Crippen LogP contribution in [0.3, 0.4) is 0 Å². The predicted molar refractivity (Wildman–Crippen MR) is 81.6 cm³/mol. The molecule has 118 valence electrons. The van der Waals surface area contributed by atoms with Crippen LogP contribution in [-0.2, 0) is 13.0 Å². The summed E-state index contributed by atoms with van der Waals surface area (Å²) in [6.07, 6.45) is 0.855. The second kappa shape index (κ2) is 5.96. The number of hydrogen-bond donors (Lipinski definition) is 2. The van der Waals surface area contributed by atoms with E-state index in [4.69, 9.17) is 4.74 Å². The zero-order chi connectivity index (χ0) is 16.4. The molecule has 0 aliphatic carbocycles. The van der Waals surface area contributed by atoms with Gasteiger partial charge in [-0.25, -0.2) is 0 Å². The lowest BCUT2D eigenvalue weighted by atomic mass is 10.1. The van der Waals surface area contributed by atoms with Crippen molar-refractivity contribution >= 4 is 11.6 Å². The number of hydrogen-bond acceptors (Lipinski definition) is 5. The molecule has 2 aromatic rings. The standard InChI is InChI=1S/C16H14N2O5/c19-14-8-12(2-3-13(14)18(21)22)16(20)17-9-10-1-4-15-11(7-10)5-6-23-15/h1-4,7-8,19H,5-6,9H2,(H,17,20). The molecule has 1 aliphatic heterocycles. The van der Waals surface area contributed by atoms with E-state index < -0.39 is 22.3 Å². The maximum Gasteiger partial charge on any atom is 0.310 e. The Morgan fingerprint density at radius 2 is 2.13 bits per heavy atom. The van der Waals surface area contributed by atoms with Gasteiger partial charge in [-0.3, -0.25) is 14.9 Å². The Morgan fingerprint density at radius 1 is 1.30 bits per heavy atom. The fraction of sp³-hybridized carbons (Fsp3) is 0.188. The Bertz CT molecular complexity index is 788. The zero-order valence-corrected chi connectivity index (χ0v) is 12.1. The first-order valence-electron chi connectivity index (χ1n) is 7.05. The fourth-order valence-electron chi connectivity index (χ4n) is 2.45. The van der Waals surface area contributed by atoms with E-state index in [0.29, 0.717) is 13.2 Å². The highest BCUT2D eigenvalue weighted by Gasteiger charge is 2.16. The van der Waals surface area contributed by atoms with Crippen LogP contribution in [-0.4, -0.2) is 22.5 Å². The number of nitro benzene ring substituents is 1. The molecule has 3 rings (SSSR count). The van der Waals surface area contributed by atoms with Crippen molar-refractivity contribution in [3.05, 3.63) is 63.2 Å². The molecule has 7 heteroatoms. The first-order chi connectivity index (χ1) is 11.0. The zero-order valence-electron chi connectivity index (χ0n) is 12.1. The Balaban J connectivity index is 1.67. The lowest BCUT2D eigenvalue weighted by Crippen LogP contribution is -2.22. The summed E-state index contributed by atoms with van der Waals surface area (Å²) in [6, 6.07) is 9.24. The molecule has 0 saturated heterocycles. The largest absolute Gasteiger partial charge is 0.502 e. The number of ether oxygens (including phenoxy) is 1. The number of carbonyl (C=O) groups excluding carboxylic acids is 1. The molecule has 0 saturated carbocycles. The number of benzene rings is 2. The van der Waals surface area contributed by atoms with E-state index in [1.165, 1.54) is 6.07 Å². The van der Waals surface area contributed by atoms with E-state index in [-0.39, 0.29) is 5.56 Å². The number of phenols is 1. The third-order valence-corrected chi connectivity index (χ3v) is 3.64. The highest BCUT2D eigenvalue weighted by Crippen LogP contribution is 2.27. The van der Waals surface area contributed by atoms with Crippen molar-refractivity contribution in [2.45, 2.75) is 13.0 Å². The Labute approximate surface area is 131 Å². The molecule has 1 amide bonds. The molecule has 1 aliphatic rings. The van der Waals surface area contributed by atoms with Crippen LogP contribution in [0.1, 0.15) is 21.5 Å². The van der Waals surface area contributed by atoms with Gasteiger partial charge in [0.1, 0.15) is 5.75 Å². The number of carbonyl (C=O) groups is 1. The molecular weight excluding hydrogens is 300 g/mol. The summed E-state index contributed by atoms with van der Waals surface area (Å²) in [4.78, 5) is 22.0. The molecule has 0 atom stereocenters. The number of nitro groups is 1. The number of amides is 1. The van der Waals surface area contributed by atoms with Crippen molar-refractivity contribution in [3.8, 4) is 11.5 Å². The van der Waals surface area contributed by atoms with Gasteiger partial charge in [-0.15, -0.1) is 0 Å². The highest BCUT2D eigenvalue weighted by atomic mass is 16.6. The van der Waals surface area contributed by atoms with Crippen molar-refractivity contribution in [2.75, 3.05) is 6.61 Å². The van der Waals surface area contributed by atoms with Crippen molar-refractivity contribution in [1.29, 1.82) is 0 Å². The summed E-state index contributed by atoms with van der Waals surface area (Å²) in [5.74, 6) is -0.0651. The van der Waals surface area contributed by atoms with Crippen molar-refractivity contribution < 1.29 is 19.6 Å². The summed E-state index contributed by atoms with van der Waals surface area (Å²) in [7, 11) is 0. The minimum Gasteiger partial charge on any atom is -0.502 e. The Morgan fingerprint density at radius 3 is 2.87 bits per heavy atom. The van der Waals surface area contributed by atoms with E-state index >= 15 is 0 Å². The van der Waals surface area contributed by atoms with Crippen LogP contribution in [0.4, 0.5) is 5.69 Å². The van der Waals surface area contributed by atoms with Gasteiger partial charge in [0.15, 0.2) is 5.75 Å². The molecule has 7 nitrogen and oxygen atoms in total. The van der Waals surface area contributed by atoms with Gasteiger partial charge in [-0.05, 0) is 29.3 Å². The second-order valence-electron chi connectivity index (χ2n) is 5.18. The molecular formula is C16H14N2O5. The SMILES string of the molecule is O=C(NCc1ccc2c(c1)CCO2)c1ccc([N+](=O)[O-])c(O)c1. The quantitative estimate of drug-likeness (QED) is 0.665. The van der Waals surface area contributed by atoms with Gasteiger partial charge in [-0.1, -0.05) is 12.1 Å². The normalized spacial score (nSPS) is 12.3. The first kappa shape index (κ1) is 14.8. The summed E-state index contributed by atoms with van der Waals surface area (Å²) < 4.78 is 5.42. The smallest absolute Gasteiger partial charge is 0.310 e. The van der Waals surface area contributed by atoms with Gasteiger partial charge in [0.2, 0.25) is 0 Å². The second-order valence-corrected chi connectivity index (χ2v) is 5.18. The molecule has 1 heterocycles. The van der Waals surface area contributed by atoms with Gasteiger partial charge in [0.25, 0.3) is 5.91 Å². The summed E-state index contributed by atoms with van der Waals surface area (Å²) in [6.45, 7) is 0.997. The van der Waals surface area contributed by atoms with Crippen LogP contribution >= 0.6 is 0 Å². The monoisotopic (exact) mass is 314 g/mol. The van der Waals surface area contributed by atoms with Crippen LogP contribution in [0.2, 0.25) is 0 Å². The summed E-state index contributed by atoms with van der Waals surface area (Å²) in [5.41, 5.74) is 1.79. The Hall–Kier alpha value is -3.09. The van der Waals surface area contributed by atoms with Crippen LogP contribution in [0.25, 0.3) is 0 Å². The fourth-order valence-corrected chi connectivity index (χ4v) is 2.45. The van der Waals surface area contributed by atoms with Crippen LogP contribution in [0.5, 0.6) is 11.5 Å². The molecule has 0 radical (unpaired) electrons. The Kier molecular flexibility index (Phi) is 3.84. The highest BCUT2D eigenvalue weighted by molar-refractivity contribution is 5.95. The molecule has 0 aromatic heterocycles. The number of nitrogens with zero attached hydrogens (tertiary/aromatic N) is 1. The molecule has 0 fully saturated rings. The van der Waals surface area contributed by atoms with Gasteiger partial charge in [-0.2, -0.15) is 0 Å². The number of aromatic hydroxyl groups is 1. The lowest BCUT2D eigenvalue weighted by Gasteiger charge is -2.07. The molecule has 2 aromatic carbocycles. The van der Waals surface area contributed by atoms with Crippen LogP contribution in [0, 0.1) is 10.1 Å². The third-order valence-electron chi connectivity index (χ3n) is 3.64. The maximum absolute atomic E-state index is 12.1. The molecule has 0 spiro atoms. The third kappa shape index (κ3) is 3.08. The van der Waals surface area contributed by atoms with Crippen LogP contribution < -0.4 is 10.1 Å². The van der Waals surface area contributed by atoms with E-state index in [9.17, 15) is 20.0 Å². The van der Waals surface area contributed by atoms with E-state index in [1.54, 1.807) is 0 Å². The van der Waals surface area contributed by atoms with Gasteiger partial charge in [0, 0.05) is 24.6 Å². The topological polar surface area (TPSA) is 102 Å². The molecule has 2 N–H and O–H groups in total. The van der Waals surface area contributed by atoms with Gasteiger partial charge < -0.3 is 15.2 Å². The molecule has 23 heavy (non-hydrogen) atoms. The van der Waals surface area contributed by atoms with Crippen molar-refractivity contribution in [2.24, 2.45) is 0 Å². The molecule has 0 bridgehead atoms. The van der Waals surface area contributed by atoms with E-state index in [0.717, 1.165) is 35.4 Å². The number of phenolic OH excluding ortho intramolecular Hbond substituents is 1. The first-order valence-corrected chi connectivity index (χ1v) is 7.05. The molecule has 0 unspecified atom stereocenters. The number of fused-ring (bicyclic) bond motifs is 1. The van der Waals surface area contributed by atoms with Gasteiger partial charge >= 0.3 is 5.69 Å². The van der Waals surface area contributed by atoms with Gasteiger partial charge in [0.05, 0.1) is 11.5 Å². The summed E-state index contributed by atoms with van der Waals surface area (Å²) >= 11 is 0. The van der Waals surface area contributed by atoms with Crippen molar-refractivity contribution in [3.63, 3.8) is 0 Å². The van der Waals surface area contributed by atoms with E-state index in [1.807, 2.05) is 18.2 Å². The van der Waals surface area contributed by atoms with E-state index in [2.05, 4.69) is 5.32 Å². The van der Waals surface area contributed by atoms with Crippen molar-refractivity contribution in [1.82, 2.24) is 5.32 Å². The summed E-state index contributed by atoms with van der Waals surface area (Å²) in [5, 5.41) is 22.9. The lowest BCUT2D eigenvalue weighted by molar-refractivity contribution is -0.385. The average Bonchev–Trinajstić information content (AvgIpc) is 2.99. The number of nitrogens with one attached hydrogen (secondary N) is 1. The van der Waals surface area contributed by atoms with Crippen LogP contribution in [0.15, 0.2) is 36.4 Å². The minimum absolute atomic E-state index is 0.164. The minimum atomic E-state index is -0.705. The maximum atomic E-state index is 12.1. The number of rotatable bonds is 4. The average molecular weight is 314 g/mol. The predicted octanol–water partition coefficient (Wildman–Crippen LogP) is 2.17.